The van der Waals surface area contributed by atoms with Crippen LogP contribution in [0.15, 0.2) is 24.3 Å². The van der Waals surface area contributed by atoms with Crippen molar-refractivity contribution in [2.45, 2.75) is 6.42 Å². The topological polar surface area (TPSA) is 52.6 Å². The number of amides is 1. The highest BCUT2D eigenvalue weighted by molar-refractivity contribution is 7.15. The molecule has 1 saturated heterocycles. The number of likely N-dealkylation sites (N-methyl/N-ethyl adjacent to an activating group) is 1. The third-order valence-electron chi connectivity index (χ3n) is 4.08. The van der Waals surface area contributed by atoms with E-state index < -0.39 is 0 Å². The molecular formula is C17H22FN5OS. The van der Waals surface area contributed by atoms with E-state index in [0.717, 1.165) is 28.8 Å². The number of hydrogen-bond donors (Lipinski definition) is 0. The lowest BCUT2D eigenvalue weighted by molar-refractivity contribution is -0.132. The van der Waals surface area contributed by atoms with Gasteiger partial charge in [-0.25, -0.2) is 4.39 Å². The number of piperazine rings is 1. The van der Waals surface area contributed by atoms with Gasteiger partial charge in [-0.15, -0.1) is 10.2 Å². The summed E-state index contributed by atoms with van der Waals surface area (Å²) < 4.78 is 13.0. The minimum Gasteiger partial charge on any atom is -0.343 e. The molecule has 0 unspecified atom stereocenters. The first kappa shape index (κ1) is 17.8. The van der Waals surface area contributed by atoms with Gasteiger partial charge in [-0.1, -0.05) is 23.5 Å². The van der Waals surface area contributed by atoms with E-state index in [4.69, 9.17) is 0 Å². The smallest absolute Gasteiger partial charge is 0.236 e. The molecule has 0 radical (unpaired) electrons. The van der Waals surface area contributed by atoms with Gasteiger partial charge in [0.15, 0.2) is 0 Å². The van der Waals surface area contributed by atoms with Crippen LogP contribution in [0.4, 0.5) is 9.52 Å². The van der Waals surface area contributed by atoms with Gasteiger partial charge in [0, 0.05) is 32.6 Å². The fraction of sp³-hybridized carbons (Fsp3) is 0.471. The molecule has 0 aliphatic carbocycles. The highest BCUT2D eigenvalue weighted by atomic mass is 32.1. The van der Waals surface area contributed by atoms with E-state index in [-0.39, 0.29) is 11.7 Å². The van der Waals surface area contributed by atoms with Crippen LogP contribution < -0.4 is 4.90 Å². The molecule has 0 spiro atoms. The van der Waals surface area contributed by atoms with E-state index in [2.05, 4.69) is 15.1 Å². The van der Waals surface area contributed by atoms with E-state index >= 15 is 0 Å². The van der Waals surface area contributed by atoms with Gasteiger partial charge < -0.3 is 14.7 Å². The van der Waals surface area contributed by atoms with Gasteiger partial charge in [0.25, 0.3) is 0 Å². The van der Waals surface area contributed by atoms with Crippen molar-refractivity contribution in [3.05, 3.63) is 40.7 Å². The molecule has 0 N–H and O–H groups in total. The second-order valence-corrected chi connectivity index (χ2v) is 7.43. The van der Waals surface area contributed by atoms with Crippen LogP contribution in [0.2, 0.25) is 0 Å². The third kappa shape index (κ3) is 4.73. The summed E-state index contributed by atoms with van der Waals surface area (Å²) in [4.78, 5) is 18.1. The SMILES string of the molecule is CN(C)CC(=O)N1CCN(c2nnc(Cc3ccc(F)cc3)s2)CC1. The van der Waals surface area contributed by atoms with Gasteiger partial charge in [-0.05, 0) is 31.8 Å². The molecule has 6 nitrogen and oxygen atoms in total. The van der Waals surface area contributed by atoms with E-state index in [9.17, 15) is 9.18 Å². The number of anilines is 1. The number of carbonyl (C=O) groups is 1. The van der Waals surface area contributed by atoms with Gasteiger partial charge in [-0.2, -0.15) is 0 Å². The average molecular weight is 363 g/mol. The van der Waals surface area contributed by atoms with Gasteiger partial charge in [0.2, 0.25) is 11.0 Å². The average Bonchev–Trinajstić information content (AvgIpc) is 3.05. The Morgan fingerprint density at radius 1 is 1.16 bits per heavy atom. The largest absolute Gasteiger partial charge is 0.343 e. The van der Waals surface area contributed by atoms with Gasteiger partial charge in [-0.3, -0.25) is 4.79 Å². The first-order valence-electron chi connectivity index (χ1n) is 8.25. The Morgan fingerprint density at radius 2 is 1.84 bits per heavy atom. The summed E-state index contributed by atoms with van der Waals surface area (Å²) in [5.41, 5.74) is 1.02. The molecule has 0 atom stereocenters. The predicted molar refractivity (Wildman–Crippen MR) is 96.5 cm³/mol. The standard InChI is InChI=1S/C17H22FN5OS/c1-21(2)12-16(24)22-7-9-23(10-8-22)17-20-19-15(25-17)11-13-3-5-14(18)6-4-13/h3-6H,7-12H2,1-2H3. The quantitative estimate of drug-likeness (QED) is 0.805. The maximum atomic E-state index is 13.0. The first-order chi connectivity index (χ1) is 12.0. The molecular weight excluding hydrogens is 341 g/mol. The Kier molecular flexibility index (Phi) is 5.60. The summed E-state index contributed by atoms with van der Waals surface area (Å²) in [6.07, 6.45) is 0.652. The lowest BCUT2D eigenvalue weighted by Crippen LogP contribution is -2.50. The molecule has 1 fully saturated rings. The number of hydrogen-bond acceptors (Lipinski definition) is 6. The Labute approximate surface area is 150 Å². The summed E-state index contributed by atoms with van der Waals surface area (Å²) in [6, 6.07) is 6.46. The van der Waals surface area contributed by atoms with Crippen molar-refractivity contribution in [2.24, 2.45) is 0 Å². The summed E-state index contributed by atoms with van der Waals surface area (Å²) in [6.45, 7) is 3.40. The summed E-state index contributed by atoms with van der Waals surface area (Å²) in [7, 11) is 3.80. The summed E-state index contributed by atoms with van der Waals surface area (Å²) >= 11 is 1.56. The van der Waals surface area contributed by atoms with Gasteiger partial charge >= 0.3 is 0 Å². The molecule has 2 heterocycles. The van der Waals surface area contributed by atoms with Gasteiger partial charge in [0.05, 0.1) is 6.54 Å². The molecule has 1 aromatic carbocycles. The Morgan fingerprint density at radius 3 is 2.48 bits per heavy atom. The fourth-order valence-electron chi connectivity index (χ4n) is 2.74. The Hall–Kier alpha value is -2.06. The van der Waals surface area contributed by atoms with Crippen molar-refractivity contribution in [2.75, 3.05) is 51.7 Å². The van der Waals surface area contributed by atoms with Crippen molar-refractivity contribution in [1.82, 2.24) is 20.0 Å². The number of aromatic nitrogens is 2. The van der Waals surface area contributed by atoms with Crippen LogP contribution >= 0.6 is 11.3 Å². The molecule has 3 rings (SSSR count). The fourth-order valence-corrected chi connectivity index (χ4v) is 3.66. The molecule has 8 heteroatoms. The number of halogens is 1. The van der Waals surface area contributed by atoms with Crippen molar-refractivity contribution in [1.29, 1.82) is 0 Å². The Bertz CT molecular complexity index is 710. The van der Waals surface area contributed by atoms with Crippen LogP contribution in [-0.2, 0) is 11.2 Å². The Balaban J connectivity index is 1.55. The first-order valence-corrected chi connectivity index (χ1v) is 9.07. The van der Waals surface area contributed by atoms with Crippen LogP contribution in [0.3, 0.4) is 0 Å². The highest BCUT2D eigenvalue weighted by Crippen LogP contribution is 2.23. The molecule has 2 aromatic rings. The minimum absolute atomic E-state index is 0.166. The predicted octanol–water partition coefficient (Wildman–Crippen LogP) is 1.48. The number of carbonyl (C=O) groups excluding carboxylic acids is 1. The monoisotopic (exact) mass is 363 g/mol. The number of benzene rings is 1. The molecule has 134 valence electrons. The van der Waals surface area contributed by atoms with E-state index in [1.807, 2.05) is 23.9 Å². The van der Waals surface area contributed by atoms with E-state index in [1.165, 1.54) is 12.1 Å². The number of rotatable bonds is 5. The van der Waals surface area contributed by atoms with Crippen molar-refractivity contribution in [3.8, 4) is 0 Å². The van der Waals surface area contributed by atoms with E-state index in [0.29, 0.717) is 26.1 Å². The molecule has 1 aliphatic rings. The third-order valence-corrected chi connectivity index (χ3v) is 5.06. The zero-order chi connectivity index (χ0) is 17.8. The molecule has 25 heavy (non-hydrogen) atoms. The highest BCUT2D eigenvalue weighted by Gasteiger charge is 2.23. The van der Waals surface area contributed by atoms with Crippen molar-refractivity contribution < 1.29 is 9.18 Å². The second-order valence-electron chi connectivity index (χ2n) is 6.39. The molecule has 1 aliphatic heterocycles. The minimum atomic E-state index is -0.233. The maximum Gasteiger partial charge on any atom is 0.236 e. The lowest BCUT2D eigenvalue weighted by atomic mass is 10.2. The molecule has 1 amide bonds. The summed E-state index contributed by atoms with van der Waals surface area (Å²) in [5, 5.41) is 10.3. The van der Waals surface area contributed by atoms with Crippen LogP contribution in [-0.4, -0.2) is 72.7 Å². The van der Waals surface area contributed by atoms with Crippen LogP contribution in [0.1, 0.15) is 10.6 Å². The maximum absolute atomic E-state index is 13.0. The van der Waals surface area contributed by atoms with Gasteiger partial charge in [0.1, 0.15) is 10.8 Å². The van der Waals surface area contributed by atoms with Crippen LogP contribution in [0, 0.1) is 5.82 Å². The lowest BCUT2D eigenvalue weighted by Gasteiger charge is -2.34. The van der Waals surface area contributed by atoms with E-state index in [1.54, 1.807) is 23.5 Å². The van der Waals surface area contributed by atoms with Crippen molar-refractivity contribution >= 4 is 22.4 Å². The van der Waals surface area contributed by atoms with Crippen molar-refractivity contribution in [3.63, 3.8) is 0 Å². The molecule has 1 aromatic heterocycles. The second kappa shape index (κ2) is 7.88. The summed E-state index contributed by atoms with van der Waals surface area (Å²) in [5.74, 6) is -0.0673. The van der Waals surface area contributed by atoms with Crippen LogP contribution in [0.25, 0.3) is 0 Å². The molecule has 0 bridgehead atoms. The zero-order valence-corrected chi connectivity index (χ0v) is 15.3. The number of nitrogens with zero attached hydrogens (tertiary/aromatic N) is 5. The molecule has 0 saturated carbocycles. The van der Waals surface area contributed by atoms with Crippen LogP contribution in [0.5, 0.6) is 0 Å². The normalized spacial score (nSPS) is 15.0. The zero-order valence-electron chi connectivity index (χ0n) is 14.5.